The van der Waals surface area contributed by atoms with E-state index in [4.69, 9.17) is 4.98 Å². The number of hydrogen-bond acceptors (Lipinski definition) is 4. The number of allylic oxidation sites excluding steroid dienone is 6. The number of piperidine rings is 2. The minimum absolute atomic E-state index is 0.00388. The second-order valence-electron chi connectivity index (χ2n) is 11.3. The summed E-state index contributed by atoms with van der Waals surface area (Å²) >= 11 is 1.52. The SMILES string of the molecule is CC1CC(C)CN(C(=O)c2csc(C3CCN(C(=O)c4ccccc4C4=CC=C(C(F)(F)F)CC=C4)CC3)n2)C1. The van der Waals surface area contributed by atoms with Crippen molar-refractivity contribution in [2.24, 2.45) is 11.8 Å². The van der Waals surface area contributed by atoms with Crippen molar-refractivity contribution in [2.75, 3.05) is 26.2 Å². The Bertz CT molecular complexity index is 1340. The van der Waals surface area contributed by atoms with Crippen molar-refractivity contribution in [3.8, 4) is 0 Å². The van der Waals surface area contributed by atoms with Crippen LogP contribution in [0.25, 0.3) is 5.57 Å². The van der Waals surface area contributed by atoms with Crippen molar-refractivity contribution in [1.82, 2.24) is 14.8 Å². The van der Waals surface area contributed by atoms with E-state index in [0.29, 0.717) is 47.3 Å². The Morgan fingerprint density at radius 3 is 2.38 bits per heavy atom. The molecule has 2 saturated heterocycles. The lowest BCUT2D eigenvalue weighted by atomic mass is 9.92. The molecular weight excluding hydrogens is 535 g/mol. The fraction of sp³-hybridized carbons (Fsp3) is 0.452. The first-order chi connectivity index (χ1) is 19.1. The van der Waals surface area contributed by atoms with Crippen LogP contribution in [-0.2, 0) is 0 Å². The van der Waals surface area contributed by atoms with Crippen molar-refractivity contribution in [1.29, 1.82) is 0 Å². The van der Waals surface area contributed by atoms with Crippen LogP contribution in [0.1, 0.15) is 76.9 Å². The number of rotatable bonds is 4. The number of alkyl halides is 3. The topological polar surface area (TPSA) is 53.5 Å². The van der Waals surface area contributed by atoms with Crippen molar-refractivity contribution < 1.29 is 22.8 Å². The van der Waals surface area contributed by atoms with Gasteiger partial charge in [-0.05, 0) is 54.7 Å². The molecule has 5 rings (SSSR count). The number of halogens is 3. The average molecular weight is 570 g/mol. The van der Waals surface area contributed by atoms with Gasteiger partial charge >= 0.3 is 6.18 Å². The fourth-order valence-electron chi connectivity index (χ4n) is 6.00. The molecule has 212 valence electrons. The molecule has 2 aliphatic heterocycles. The summed E-state index contributed by atoms with van der Waals surface area (Å²) in [6, 6.07) is 7.08. The van der Waals surface area contributed by atoms with Crippen LogP contribution in [0, 0.1) is 11.8 Å². The van der Waals surface area contributed by atoms with E-state index in [2.05, 4.69) is 13.8 Å². The molecule has 0 saturated carbocycles. The van der Waals surface area contributed by atoms with Gasteiger partial charge in [-0.3, -0.25) is 9.59 Å². The third-order valence-corrected chi connectivity index (χ3v) is 8.97. The van der Waals surface area contributed by atoms with Gasteiger partial charge in [0, 0.05) is 48.6 Å². The van der Waals surface area contributed by atoms with Gasteiger partial charge in [-0.1, -0.05) is 56.4 Å². The number of likely N-dealkylation sites (tertiary alicyclic amines) is 2. The van der Waals surface area contributed by atoms with Crippen LogP contribution in [0.2, 0.25) is 0 Å². The first kappa shape index (κ1) is 28.3. The Kier molecular flexibility index (Phi) is 8.31. The van der Waals surface area contributed by atoms with Crippen LogP contribution in [0.3, 0.4) is 0 Å². The molecule has 3 aliphatic rings. The zero-order chi connectivity index (χ0) is 28.4. The van der Waals surface area contributed by atoms with Gasteiger partial charge in [0.2, 0.25) is 0 Å². The third kappa shape index (κ3) is 6.24. The van der Waals surface area contributed by atoms with Crippen LogP contribution in [-0.4, -0.2) is 59.0 Å². The molecule has 0 spiro atoms. The lowest BCUT2D eigenvalue weighted by Crippen LogP contribution is -2.42. The van der Waals surface area contributed by atoms with E-state index in [-0.39, 0.29) is 24.2 Å². The molecule has 3 heterocycles. The number of benzene rings is 1. The van der Waals surface area contributed by atoms with E-state index in [1.807, 2.05) is 15.2 Å². The summed E-state index contributed by atoms with van der Waals surface area (Å²) < 4.78 is 39.6. The van der Waals surface area contributed by atoms with Crippen LogP contribution >= 0.6 is 11.3 Å². The number of amides is 2. The number of thiazole rings is 1. The zero-order valence-electron chi connectivity index (χ0n) is 22.8. The van der Waals surface area contributed by atoms with Gasteiger partial charge in [-0.25, -0.2) is 4.98 Å². The van der Waals surface area contributed by atoms with E-state index in [1.54, 1.807) is 30.3 Å². The van der Waals surface area contributed by atoms with Crippen molar-refractivity contribution in [2.45, 2.75) is 51.6 Å². The minimum atomic E-state index is -4.38. The standard InChI is InChI=1S/C31H34F3N3O2S/c1-20-16-21(2)18-37(17-20)30(39)27-19-40-28(35-27)23-12-14-36(15-13-23)29(38)26-9-4-3-8-25(26)22-6-5-7-24(11-10-22)31(32,33)34/h3-6,8-11,19-21,23H,7,12-18H2,1-2H3. The molecule has 2 fully saturated rings. The molecule has 0 bridgehead atoms. The summed E-state index contributed by atoms with van der Waals surface area (Å²) in [5.41, 5.74) is 1.58. The van der Waals surface area contributed by atoms with Crippen LogP contribution < -0.4 is 0 Å². The van der Waals surface area contributed by atoms with Gasteiger partial charge in [0.15, 0.2) is 0 Å². The van der Waals surface area contributed by atoms with Crippen LogP contribution in [0.4, 0.5) is 13.2 Å². The summed E-state index contributed by atoms with van der Waals surface area (Å²) in [5, 5.41) is 2.80. The lowest BCUT2D eigenvalue weighted by Gasteiger charge is -2.34. The monoisotopic (exact) mass is 569 g/mol. The molecule has 5 nitrogen and oxygen atoms in total. The maximum Gasteiger partial charge on any atom is 0.412 e. The van der Waals surface area contributed by atoms with E-state index in [9.17, 15) is 22.8 Å². The Morgan fingerprint density at radius 2 is 1.68 bits per heavy atom. The third-order valence-electron chi connectivity index (χ3n) is 7.96. The Hall–Kier alpha value is -3.20. The number of carbonyl (C=O) groups is 2. The average Bonchev–Trinajstić information content (AvgIpc) is 3.28. The molecule has 1 aliphatic carbocycles. The molecule has 0 N–H and O–H groups in total. The second kappa shape index (κ2) is 11.7. The number of hydrogen-bond donors (Lipinski definition) is 0. The fourth-order valence-corrected chi connectivity index (χ4v) is 6.97. The largest absolute Gasteiger partial charge is 0.412 e. The Morgan fingerprint density at radius 1 is 0.975 bits per heavy atom. The highest BCUT2D eigenvalue weighted by molar-refractivity contribution is 7.09. The Labute approximate surface area is 237 Å². The second-order valence-corrected chi connectivity index (χ2v) is 12.1. The predicted molar refractivity (Wildman–Crippen MR) is 151 cm³/mol. The van der Waals surface area contributed by atoms with Gasteiger partial charge < -0.3 is 9.80 Å². The van der Waals surface area contributed by atoms with Crippen molar-refractivity contribution >= 4 is 28.7 Å². The van der Waals surface area contributed by atoms with Crippen LogP contribution in [0.15, 0.2) is 59.5 Å². The molecule has 2 aromatic rings. The smallest absolute Gasteiger partial charge is 0.339 e. The van der Waals surface area contributed by atoms with Gasteiger partial charge in [0.05, 0.1) is 5.01 Å². The highest BCUT2D eigenvalue weighted by atomic mass is 32.1. The van der Waals surface area contributed by atoms with Gasteiger partial charge in [-0.15, -0.1) is 11.3 Å². The van der Waals surface area contributed by atoms with Gasteiger partial charge in [0.25, 0.3) is 11.8 Å². The maximum atomic E-state index is 13.6. The van der Waals surface area contributed by atoms with E-state index in [1.165, 1.54) is 23.5 Å². The normalized spacial score (nSPS) is 22.5. The first-order valence-corrected chi connectivity index (χ1v) is 14.8. The maximum absolute atomic E-state index is 13.6. The quantitative estimate of drug-likeness (QED) is 0.394. The lowest BCUT2D eigenvalue weighted by molar-refractivity contribution is -0.0928. The molecule has 1 aromatic carbocycles. The highest BCUT2D eigenvalue weighted by Crippen LogP contribution is 2.34. The summed E-state index contributed by atoms with van der Waals surface area (Å²) in [6.07, 6.45) is 3.72. The van der Waals surface area contributed by atoms with E-state index < -0.39 is 11.7 Å². The summed E-state index contributed by atoms with van der Waals surface area (Å²) in [4.78, 5) is 35.1. The molecule has 2 atom stereocenters. The number of nitrogens with zero attached hydrogens (tertiary/aromatic N) is 3. The highest BCUT2D eigenvalue weighted by Gasteiger charge is 2.33. The first-order valence-electron chi connectivity index (χ1n) is 13.9. The molecule has 2 amide bonds. The molecule has 0 radical (unpaired) electrons. The Balaban J connectivity index is 1.25. The molecule has 9 heteroatoms. The number of aromatic nitrogens is 1. The molecule has 40 heavy (non-hydrogen) atoms. The van der Waals surface area contributed by atoms with Gasteiger partial charge in [0.1, 0.15) is 5.69 Å². The molecule has 1 aromatic heterocycles. The van der Waals surface area contributed by atoms with E-state index >= 15 is 0 Å². The van der Waals surface area contributed by atoms with Crippen molar-refractivity contribution in [3.63, 3.8) is 0 Å². The molecular formula is C31H34F3N3O2S. The predicted octanol–water partition coefficient (Wildman–Crippen LogP) is 7.11. The molecule has 2 unspecified atom stereocenters. The minimum Gasteiger partial charge on any atom is -0.339 e. The number of carbonyl (C=O) groups excluding carboxylic acids is 2. The van der Waals surface area contributed by atoms with Crippen LogP contribution in [0.5, 0.6) is 0 Å². The van der Waals surface area contributed by atoms with E-state index in [0.717, 1.165) is 43.4 Å². The summed E-state index contributed by atoms with van der Waals surface area (Å²) in [5.74, 6) is 1.03. The summed E-state index contributed by atoms with van der Waals surface area (Å²) in [7, 11) is 0. The van der Waals surface area contributed by atoms with Gasteiger partial charge in [-0.2, -0.15) is 13.2 Å². The zero-order valence-corrected chi connectivity index (χ0v) is 23.6. The summed E-state index contributed by atoms with van der Waals surface area (Å²) in [6.45, 7) is 7.00. The van der Waals surface area contributed by atoms with Crippen molar-refractivity contribution in [3.05, 3.63) is 81.4 Å².